The molecule has 0 unspecified atom stereocenters. The highest BCUT2D eigenvalue weighted by molar-refractivity contribution is 14.0. The second-order valence-corrected chi connectivity index (χ2v) is 5.83. The Morgan fingerprint density at radius 3 is 2.60 bits per heavy atom. The van der Waals surface area contributed by atoms with Crippen LogP contribution in [0.2, 0.25) is 0 Å². The lowest BCUT2D eigenvalue weighted by molar-refractivity contribution is -0.0504. The van der Waals surface area contributed by atoms with Gasteiger partial charge in [-0.1, -0.05) is 18.2 Å². The van der Waals surface area contributed by atoms with Crippen molar-refractivity contribution in [1.82, 2.24) is 10.6 Å². The van der Waals surface area contributed by atoms with Crippen molar-refractivity contribution in [2.45, 2.75) is 57.9 Å². The van der Waals surface area contributed by atoms with Gasteiger partial charge in [0.1, 0.15) is 5.75 Å². The zero-order valence-electron chi connectivity index (χ0n) is 14.3. The van der Waals surface area contributed by atoms with Crippen LogP contribution in [0.15, 0.2) is 29.3 Å². The van der Waals surface area contributed by atoms with E-state index in [-0.39, 0.29) is 48.4 Å². The maximum atomic E-state index is 12.5. The van der Waals surface area contributed by atoms with Crippen molar-refractivity contribution < 1.29 is 18.6 Å². The minimum Gasteiger partial charge on any atom is -0.434 e. The topological polar surface area (TPSA) is 65.9 Å². The molecule has 1 aliphatic carbocycles. The Kier molecular flexibility index (Phi) is 10.0. The molecule has 0 saturated heterocycles. The number of guanidine groups is 1. The lowest BCUT2D eigenvalue weighted by Gasteiger charge is -2.27. The zero-order valence-corrected chi connectivity index (χ0v) is 16.6. The van der Waals surface area contributed by atoms with E-state index in [2.05, 4.69) is 20.4 Å². The van der Waals surface area contributed by atoms with Crippen LogP contribution in [0.25, 0.3) is 0 Å². The normalized spacial score (nSPS) is 20.8. The number of nitrogens with one attached hydrogen (secondary N) is 2. The Hall–Kier alpha value is -1.16. The molecule has 3 N–H and O–H groups in total. The lowest BCUT2D eigenvalue weighted by atomic mass is 9.93. The molecule has 0 spiro atoms. The van der Waals surface area contributed by atoms with Crippen molar-refractivity contribution in [2.24, 2.45) is 4.99 Å². The SMILES string of the molecule is CCNC(=NCc1ccccc1OC(F)F)NC1CCC(O)CC1.I. The van der Waals surface area contributed by atoms with Gasteiger partial charge in [0.15, 0.2) is 5.96 Å². The van der Waals surface area contributed by atoms with Gasteiger partial charge in [-0.15, -0.1) is 24.0 Å². The number of benzene rings is 1. The first-order valence-corrected chi connectivity index (χ1v) is 8.34. The van der Waals surface area contributed by atoms with Crippen molar-refractivity contribution in [2.75, 3.05) is 6.54 Å². The number of hydrogen-bond acceptors (Lipinski definition) is 3. The van der Waals surface area contributed by atoms with Gasteiger partial charge < -0.3 is 20.5 Å². The van der Waals surface area contributed by atoms with E-state index in [0.29, 0.717) is 18.1 Å². The van der Waals surface area contributed by atoms with Gasteiger partial charge in [-0.25, -0.2) is 4.99 Å². The van der Waals surface area contributed by atoms with E-state index in [1.165, 1.54) is 6.07 Å². The van der Waals surface area contributed by atoms with Gasteiger partial charge in [0, 0.05) is 18.2 Å². The number of para-hydroxylation sites is 1. The second-order valence-electron chi connectivity index (χ2n) is 5.83. The molecule has 0 amide bonds. The van der Waals surface area contributed by atoms with Crippen LogP contribution in [0.1, 0.15) is 38.2 Å². The zero-order chi connectivity index (χ0) is 17.4. The summed E-state index contributed by atoms with van der Waals surface area (Å²) in [6, 6.07) is 6.92. The average molecular weight is 469 g/mol. The third-order valence-corrected chi connectivity index (χ3v) is 3.98. The summed E-state index contributed by atoms with van der Waals surface area (Å²) in [5, 5.41) is 16.1. The summed E-state index contributed by atoms with van der Waals surface area (Å²) in [5.74, 6) is 0.790. The second kappa shape index (κ2) is 11.5. The maximum Gasteiger partial charge on any atom is 0.387 e. The number of aliphatic hydroxyl groups excluding tert-OH is 1. The smallest absolute Gasteiger partial charge is 0.387 e. The van der Waals surface area contributed by atoms with Gasteiger partial charge in [-0.2, -0.15) is 8.78 Å². The summed E-state index contributed by atoms with van der Waals surface area (Å²) in [5.41, 5.74) is 0.606. The number of aliphatic hydroxyl groups is 1. The van der Waals surface area contributed by atoms with E-state index in [9.17, 15) is 13.9 Å². The van der Waals surface area contributed by atoms with Gasteiger partial charge in [-0.05, 0) is 38.7 Å². The first-order valence-electron chi connectivity index (χ1n) is 8.34. The summed E-state index contributed by atoms with van der Waals surface area (Å²) in [7, 11) is 0. The van der Waals surface area contributed by atoms with Crippen molar-refractivity contribution in [3.63, 3.8) is 0 Å². The van der Waals surface area contributed by atoms with Gasteiger partial charge >= 0.3 is 6.61 Å². The molecule has 2 rings (SSSR count). The summed E-state index contributed by atoms with van der Waals surface area (Å²) in [4.78, 5) is 4.47. The molecule has 1 aliphatic rings. The summed E-state index contributed by atoms with van der Waals surface area (Å²) >= 11 is 0. The molecule has 0 aromatic heterocycles. The van der Waals surface area contributed by atoms with Gasteiger partial charge in [0.2, 0.25) is 0 Å². The molecule has 25 heavy (non-hydrogen) atoms. The van der Waals surface area contributed by atoms with E-state index in [1.54, 1.807) is 18.2 Å². The molecule has 0 radical (unpaired) electrons. The van der Waals surface area contributed by atoms with Crippen LogP contribution in [-0.2, 0) is 6.54 Å². The third kappa shape index (κ3) is 7.72. The molecule has 0 aliphatic heterocycles. The molecule has 8 heteroatoms. The van der Waals surface area contributed by atoms with Crippen LogP contribution in [-0.4, -0.2) is 36.4 Å². The highest BCUT2D eigenvalue weighted by Gasteiger charge is 2.20. The van der Waals surface area contributed by atoms with Crippen LogP contribution in [0.5, 0.6) is 5.75 Å². The van der Waals surface area contributed by atoms with Crippen LogP contribution < -0.4 is 15.4 Å². The number of rotatable bonds is 6. The quantitative estimate of drug-likeness (QED) is 0.340. The lowest BCUT2D eigenvalue weighted by Crippen LogP contribution is -2.45. The predicted molar refractivity (Wildman–Crippen MR) is 105 cm³/mol. The Morgan fingerprint density at radius 1 is 1.28 bits per heavy atom. The van der Waals surface area contributed by atoms with E-state index in [1.807, 2.05) is 6.92 Å². The van der Waals surface area contributed by atoms with Crippen LogP contribution in [0, 0.1) is 0 Å². The van der Waals surface area contributed by atoms with E-state index in [4.69, 9.17) is 0 Å². The molecule has 0 bridgehead atoms. The highest BCUT2D eigenvalue weighted by atomic mass is 127. The highest BCUT2D eigenvalue weighted by Crippen LogP contribution is 2.21. The number of halogens is 3. The molecule has 0 heterocycles. The minimum atomic E-state index is -2.85. The van der Waals surface area contributed by atoms with E-state index >= 15 is 0 Å². The average Bonchev–Trinajstić information content (AvgIpc) is 2.55. The Balaban J connectivity index is 0.00000312. The van der Waals surface area contributed by atoms with Crippen molar-refractivity contribution in [3.05, 3.63) is 29.8 Å². The number of aliphatic imine (C=N–C) groups is 1. The molecule has 1 aromatic carbocycles. The first-order chi connectivity index (χ1) is 11.6. The maximum absolute atomic E-state index is 12.5. The monoisotopic (exact) mass is 469 g/mol. The molecular formula is C17H26F2IN3O2. The summed E-state index contributed by atoms with van der Waals surface area (Å²) in [6.07, 6.45) is 3.12. The third-order valence-electron chi connectivity index (χ3n) is 3.98. The van der Waals surface area contributed by atoms with Crippen LogP contribution in [0.3, 0.4) is 0 Å². The molecule has 1 aromatic rings. The minimum absolute atomic E-state index is 0. The number of alkyl halides is 2. The van der Waals surface area contributed by atoms with Gasteiger partial charge in [-0.3, -0.25) is 0 Å². The number of ether oxygens (including phenoxy) is 1. The largest absolute Gasteiger partial charge is 0.434 e. The Bertz CT molecular complexity index is 538. The molecule has 0 atom stereocenters. The van der Waals surface area contributed by atoms with Crippen LogP contribution >= 0.6 is 24.0 Å². The molecular weight excluding hydrogens is 443 g/mol. The number of nitrogens with zero attached hydrogens (tertiary/aromatic N) is 1. The molecule has 142 valence electrons. The van der Waals surface area contributed by atoms with Gasteiger partial charge in [0.05, 0.1) is 12.6 Å². The van der Waals surface area contributed by atoms with Crippen molar-refractivity contribution in [1.29, 1.82) is 0 Å². The van der Waals surface area contributed by atoms with Crippen molar-refractivity contribution >= 4 is 29.9 Å². The molecule has 5 nitrogen and oxygen atoms in total. The van der Waals surface area contributed by atoms with Gasteiger partial charge in [0.25, 0.3) is 0 Å². The Morgan fingerprint density at radius 2 is 1.96 bits per heavy atom. The fourth-order valence-electron chi connectivity index (χ4n) is 2.74. The fourth-order valence-corrected chi connectivity index (χ4v) is 2.74. The van der Waals surface area contributed by atoms with Crippen molar-refractivity contribution in [3.8, 4) is 5.75 Å². The molecule has 1 saturated carbocycles. The van der Waals surface area contributed by atoms with Crippen LogP contribution in [0.4, 0.5) is 8.78 Å². The van der Waals surface area contributed by atoms with E-state index < -0.39 is 6.61 Å². The first kappa shape index (κ1) is 21.9. The standard InChI is InChI=1S/C17H25F2N3O2.HI/c1-2-20-17(22-13-7-9-14(23)10-8-13)21-11-12-5-3-4-6-15(12)24-16(18)19;/h3-6,13-14,16,23H,2,7-11H2,1H3,(H2,20,21,22);1H. The van der Waals surface area contributed by atoms with E-state index in [0.717, 1.165) is 25.7 Å². The fraction of sp³-hybridized carbons (Fsp3) is 0.588. The summed E-state index contributed by atoms with van der Waals surface area (Å²) in [6.45, 7) is 0.0646. The Labute approximate surface area is 164 Å². The predicted octanol–water partition coefficient (Wildman–Crippen LogP) is 3.26. The number of hydrogen-bond donors (Lipinski definition) is 3. The molecule has 1 fully saturated rings. The summed E-state index contributed by atoms with van der Waals surface area (Å²) < 4.78 is 29.4.